The average Bonchev–Trinajstić information content (AvgIpc) is 2.70. The summed E-state index contributed by atoms with van der Waals surface area (Å²) in [6, 6.07) is 7.50. The van der Waals surface area contributed by atoms with Crippen LogP contribution in [-0.2, 0) is 20.8 Å². The van der Waals surface area contributed by atoms with Crippen molar-refractivity contribution in [3.8, 4) is 0 Å². The predicted molar refractivity (Wildman–Crippen MR) is 104 cm³/mol. The van der Waals surface area contributed by atoms with Crippen LogP contribution in [-0.4, -0.2) is 56.8 Å². The third kappa shape index (κ3) is 6.16. The number of hydrogen-bond donors (Lipinski definition) is 2. The lowest BCUT2D eigenvalue weighted by atomic mass is 9.97. The van der Waals surface area contributed by atoms with Crippen molar-refractivity contribution in [2.24, 2.45) is 10.9 Å². The van der Waals surface area contributed by atoms with E-state index in [2.05, 4.69) is 25.3 Å². The molecule has 148 valence electrons. The van der Waals surface area contributed by atoms with Gasteiger partial charge in [-0.15, -0.1) is 0 Å². The number of carbonyl (C=O) groups excluding carboxylic acids is 2. The van der Waals surface area contributed by atoms with Crippen molar-refractivity contribution in [3.05, 3.63) is 29.8 Å². The molecule has 1 aliphatic heterocycles. The van der Waals surface area contributed by atoms with Crippen molar-refractivity contribution >= 4 is 23.7 Å². The molecule has 2 rings (SSSR count). The van der Waals surface area contributed by atoms with E-state index in [-0.39, 0.29) is 11.9 Å². The summed E-state index contributed by atoms with van der Waals surface area (Å²) in [5.41, 5.74) is 1.74. The van der Waals surface area contributed by atoms with E-state index in [1.807, 2.05) is 31.2 Å². The van der Waals surface area contributed by atoms with Gasteiger partial charge in [0.15, 0.2) is 5.96 Å². The number of hydrogen-bond acceptors (Lipinski definition) is 5. The molecule has 8 heteroatoms. The molecule has 1 amide bonds. The molecule has 1 saturated heterocycles. The molecule has 2 N–H and O–H groups in total. The molecular weight excluding hydrogens is 348 g/mol. The number of anilines is 1. The average molecular weight is 376 g/mol. The van der Waals surface area contributed by atoms with Crippen molar-refractivity contribution in [2.75, 3.05) is 39.2 Å². The van der Waals surface area contributed by atoms with Gasteiger partial charge in [0.25, 0.3) is 0 Å². The molecule has 0 spiro atoms. The number of carbonyl (C=O) groups is 2. The molecule has 27 heavy (non-hydrogen) atoms. The van der Waals surface area contributed by atoms with Crippen molar-refractivity contribution < 1.29 is 19.1 Å². The summed E-state index contributed by atoms with van der Waals surface area (Å²) < 4.78 is 9.68. The second-order valence-corrected chi connectivity index (χ2v) is 6.23. The lowest BCUT2D eigenvalue weighted by Gasteiger charge is -2.33. The van der Waals surface area contributed by atoms with Gasteiger partial charge in [0.05, 0.1) is 19.6 Å². The first kappa shape index (κ1) is 20.5. The van der Waals surface area contributed by atoms with Gasteiger partial charge in [0.1, 0.15) is 0 Å². The number of amides is 1. The lowest BCUT2D eigenvalue weighted by Crippen LogP contribution is -2.46. The van der Waals surface area contributed by atoms with Crippen molar-refractivity contribution in [2.45, 2.75) is 26.3 Å². The third-order valence-electron chi connectivity index (χ3n) is 4.46. The number of methoxy groups -OCH3 is 1. The number of nitrogens with one attached hydrogen (secondary N) is 2. The molecule has 0 atom stereocenters. The molecule has 0 saturated carbocycles. The minimum absolute atomic E-state index is 0.0193. The molecule has 1 aromatic carbocycles. The minimum Gasteiger partial charge on any atom is -0.466 e. The number of ether oxygens (including phenoxy) is 2. The van der Waals surface area contributed by atoms with Crippen LogP contribution < -0.4 is 10.6 Å². The Morgan fingerprint density at radius 1 is 1.22 bits per heavy atom. The van der Waals surface area contributed by atoms with Gasteiger partial charge in [0.2, 0.25) is 0 Å². The van der Waals surface area contributed by atoms with E-state index >= 15 is 0 Å². The van der Waals surface area contributed by atoms with Gasteiger partial charge in [-0.3, -0.25) is 15.1 Å². The Kier molecular flexibility index (Phi) is 7.91. The summed E-state index contributed by atoms with van der Waals surface area (Å²) in [5, 5.41) is 5.96. The number of esters is 1. The molecule has 8 nitrogen and oxygen atoms in total. The van der Waals surface area contributed by atoms with Crippen LogP contribution in [0, 0.1) is 5.92 Å². The Morgan fingerprint density at radius 2 is 1.89 bits per heavy atom. The lowest BCUT2D eigenvalue weighted by molar-refractivity contribution is -0.149. The monoisotopic (exact) mass is 376 g/mol. The first-order valence-electron chi connectivity index (χ1n) is 9.13. The summed E-state index contributed by atoms with van der Waals surface area (Å²) in [6.07, 6.45) is 1.05. The van der Waals surface area contributed by atoms with E-state index in [1.165, 1.54) is 7.11 Å². The maximum atomic E-state index is 11.8. The third-order valence-corrected chi connectivity index (χ3v) is 4.46. The van der Waals surface area contributed by atoms with E-state index in [1.54, 1.807) is 7.05 Å². The molecule has 1 fully saturated rings. The van der Waals surface area contributed by atoms with Crippen LogP contribution in [0.2, 0.25) is 0 Å². The zero-order valence-corrected chi connectivity index (χ0v) is 16.2. The Hall–Kier alpha value is -2.77. The second-order valence-electron chi connectivity index (χ2n) is 6.23. The smallest absolute Gasteiger partial charge is 0.411 e. The normalized spacial score (nSPS) is 15.2. The van der Waals surface area contributed by atoms with Crippen molar-refractivity contribution in [1.29, 1.82) is 0 Å². The van der Waals surface area contributed by atoms with Gasteiger partial charge in [0, 0.05) is 32.4 Å². The fourth-order valence-electron chi connectivity index (χ4n) is 2.98. The Morgan fingerprint density at radius 3 is 2.44 bits per heavy atom. The highest BCUT2D eigenvalue weighted by molar-refractivity contribution is 5.84. The molecule has 0 unspecified atom stereocenters. The fourth-order valence-corrected chi connectivity index (χ4v) is 2.98. The summed E-state index contributed by atoms with van der Waals surface area (Å²) in [5.74, 6) is 0.698. The Labute approximate surface area is 159 Å². The quantitative estimate of drug-likeness (QED) is 0.465. The van der Waals surface area contributed by atoms with Crippen LogP contribution in [0.4, 0.5) is 10.5 Å². The highest BCUT2D eigenvalue weighted by atomic mass is 16.5. The first-order chi connectivity index (χ1) is 13.1. The van der Waals surface area contributed by atoms with E-state index in [0.717, 1.165) is 37.5 Å². The van der Waals surface area contributed by atoms with E-state index in [4.69, 9.17) is 4.74 Å². The van der Waals surface area contributed by atoms with Gasteiger partial charge < -0.3 is 19.7 Å². The van der Waals surface area contributed by atoms with Crippen LogP contribution in [0.15, 0.2) is 29.3 Å². The van der Waals surface area contributed by atoms with E-state index in [9.17, 15) is 9.59 Å². The highest BCUT2D eigenvalue weighted by Crippen LogP contribution is 2.19. The van der Waals surface area contributed by atoms with E-state index < -0.39 is 6.09 Å². The number of aliphatic imine (C=N–C) groups is 1. The van der Waals surface area contributed by atoms with Crippen LogP contribution in [0.3, 0.4) is 0 Å². The zero-order chi connectivity index (χ0) is 19.6. The summed E-state index contributed by atoms with van der Waals surface area (Å²) >= 11 is 0. The second kappa shape index (κ2) is 10.4. The number of guanidine groups is 1. The maximum Gasteiger partial charge on any atom is 0.411 e. The van der Waals surface area contributed by atoms with Crippen LogP contribution >= 0.6 is 0 Å². The predicted octanol–water partition coefficient (Wildman–Crippen LogP) is 2.22. The number of benzene rings is 1. The topological polar surface area (TPSA) is 92.3 Å². The Balaban J connectivity index is 1.82. The first-order valence-corrected chi connectivity index (χ1v) is 9.13. The molecule has 0 aliphatic carbocycles. The zero-order valence-electron chi connectivity index (χ0n) is 16.2. The molecule has 0 bridgehead atoms. The number of likely N-dealkylation sites (tertiary alicyclic amines) is 1. The maximum absolute atomic E-state index is 11.8. The number of nitrogens with zero attached hydrogens (tertiary/aromatic N) is 2. The van der Waals surface area contributed by atoms with Crippen LogP contribution in [0.25, 0.3) is 0 Å². The summed E-state index contributed by atoms with van der Waals surface area (Å²) in [6.45, 7) is 4.41. The standard InChI is InChI=1S/C19H28N4O4/c1-4-27-17(24)15-9-11-23(12-10-15)18(20-2)21-13-14-5-7-16(8-6-14)22-19(25)26-3/h5-8,15H,4,9-13H2,1-3H3,(H,20,21)(H,22,25). The molecular formula is C19H28N4O4. The molecule has 1 aliphatic rings. The van der Waals surface area contributed by atoms with Crippen LogP contribution in [0.5, 0.6) is 0 Å². The SMILES string of the molecule is CCOC(=O)C1CCN(C(=NC)NCc2ccc(NC(=O)OC)cc2)CC1. The minimum atomic E-state index is -0.493. The number of piperidine rings is 1. The van der Waals surface area contributed by atoms with Crippen molar-refractivity contribution in [3.63, 3.8) is 0 Å². The highest BCUT2D eigenvalue weighted by Gasteiger charge is 2.27. The van der Waals surface area contributed by atoms with Gasteiger partial charge in [-0.25, -0.2) is 4.79 Å². The van der Waals surface area contributed by atoms with Crippen LogP contribution in [0.1, 0.15) is 25.3 Å². The largest absolute Gasteiger partial charge is 0.466 e. The van der Waals surface area contributed by atoms with Gasteiger partial charge >= 0.3 is 12.1 Å². The van der Waals surface area contributed by atoms with Gasteiger partial charge in [-0.05, 0) is 37.5 Å². The Bertz CT molecular complexity index is 652. The summed E-state index contributed by atoms with van der Waals surface area (Å²) in [4.78, 5) is 29.5. The molecule has 0 radical (unpaired) electrons. The summed E-state index contributed by atoms with van der Waals surface area (Å²) in [7, 11) is 3.08. The number of rotatable bonds is 5. The molecule has 1 heterocycles. The van der Waals surface area contributed by atoms with Gasteiger partial charge in [-0.2, -0.15) is 0 Å². The van der Waals surface area contributed by atoms with Gasteiger partial charge in [-0.1, -0.05) is 12.1 Å². The molecule has 0 aromatic heterocycles. The molecule has 1 aromatic rings. The van der Waals surface area contributed by atoms with Crippen molar-refractivity contribution in [1.82, 2.24) is 10.2 Å². The van der Waals surface area contributed by atoms with E-state index in [0.29, 0.717) is 18.8 Å². The fraction of sp³-hybridized carbons (Fsp3) is 0.526.